The molecule has 0 radical (unpaired) electrons. The maximum Gasteiger partial charge on any atom is 0.0804 e. The fourth-order valence-electron chi connectivity index (χ4n) is 1.11. The molecule has 0 fully saturated rings. The van der Waals surface area contributed by atoms with Gasteiger partial charge in [0.25, 0.3) is 0 Å². The third kappa shape index (κ3) is 2.39. The number of nitrogens with one attached hydrogen (secondary N) is 1. The zero-order valence-electron chi connectivity index (χ0n) is 6.88. The smallest absolute Gasteiger partial charge is 0.0804 e. The number of hydrogen-bond donors (Lipinski definition) is 2. The van der Waals surface area contributed by atoms with Gasteiger partial charge in [-0.15, -0.1) is 0 Å². The molecule has 0 aliphatic rings. The highest BCUT2D eigenvalue weighted by Gasteiger charge is 2.05. The van der Waals surface area contributed by atoms with Crippen LogP contribution in [0.5, 0.6) is 0 Å². The van der Waals surface area contributed by atoms with Gasteiger partial charge in [-0.1, -0.05) is 19.8 Å². The summed E-state index contributed by atoms with van der Waals surface area (Å²) in [6, 6.07) is 1.92. The molecule has 0 saturated carbocycles. The van der Waals surface area contributed by atoms with E-state index in [9.17, 15) is 5.11 Å². The summed E-state index contributed by atoms with van der Waals surface area (Å²) in [7, 11) is 0. The highest BCUT2D eigenvalue weighted by Crippen LogP contribution is 2.17. The fraction of sp³-hybridized carbons (Fsp3) is 0.556. The lowest BCUT2D eigenvalue weighted by Gasteiger charge is -2.06. The number of aromatic nitrogens is 1. The highest BCUT2D eigenvalue weighted by molar-refractivity contribution is 5.11. The molecular formula is C9H15NO. The lowest BCUT2D eigenvalue weighted by molar-refractivity contribution is 0.164. The number of hydrogen-bond acceptors (Lipinski definition) is 1. The average molecular weight is 153 g/mol. The van der Waals surface area contributed by atoms with Gasteiger partial charge in [-0.25, -0.2) is 0 Å². The second kappa shape index (κ2) is 4.19. The molecule has 0 bridgehead atoms. The van der Waals surface area contributed by atoms with Gasteiger partial charge in [-0.2, -0.15) is 0 Å². The van der Waals surface area contributed by atoms with Crippen LogP contribution in [0.4, 0.5) is 0 Å². The Labute approximate surface area is 67.3 Å². The lowest BCUT2D eigenvalue weighted by atomic mass is 10.1. The van der Waals surface area contributed by atoms with Crippen molar-refractivity contribution in [2.45, 2.75) is 32.3 Å². The Morgan fingerprint density at radius 1 is 1.64 bits per heavy atom. The van der Waals surface area contributed by atoms with Gasteiger partial charge in [-0.3, -0.25) is 0 Å². The van der Waals surface area contributed by atoms with Crippen molar-refractivity contribution >= 4 is 0 Å². The quantitative estimate of drug-likeness (QED) is 0.683. The molecule has 0 saturated heterocycles. The summed E-state index contributed by atoms with van der Waals surface area (Å²) in [6.07, 6.45) is 6.51. The SMILES string of the molecule is CCCCC(O)c1cc[nH]c1. The van der Waals surface area contributed by atoms with Crippen LogP contribution >= 0.6 is 0 Å². The summed E-state index contributed by atoms with van der Waals surface area (Å²) in [5.74, 6) is 0. The second-order valence-electron chi connectivity index (χ2n) is 2.80. The Kier molecular flexibility index (Phi) is 3.17. The van der Waals surface area contributed by atoms with E-state index in [1.807, 2.05) is 18.5 Å². The first-order valence-corrected chi connectivity index (χ1v) is 4.15. The van der Waals surface area contributed by atoms with Crippen molar-refractivity contribution in [2.75, 3.05) is 0 Å². The van der Waals surface area contributed by atoms with Crippen molar-refractivity contribution in [1.82, 2.24) is 4.98 Å². The van der Waals surface area contributed by atoms with E-state index in [4.69, 9.17) is 0 Å². The molecule has 11 heavy (non-hydrogen) atoms. The van der Waals surface area contributed by atoms with E-state index in [0.29, 0.717) is 0 Å². The molecule has 2 nitrogen and oxygen atoms in total. The van der Waals surface area contributed by atoms with Crippen molar-refractivity contribution < 1.29 is 5.11 Å². The minimum absolute atomic E-state index is 0.277. The number of H-pyrrole nitrogens is 1. The Balaban J connectivity index is 2.36. The Hall–Kier alpha value is -0.760. The van der Waals surface area contributed by atoms with Gasteiger partial charge >= 0.3 is 0 Å². The molecule has 2 N–H and O–H groups in total. The van der Waals surface area contributed by atoms with Crippen LogP contribution in [-0.4, -0.2) is 10.1 Å². The van der Waals surface area contributed by atoms with E-state index < -0.39 is 0 Å². The van der Waals surface area contributed by atoms with Gasteiger partial charge in [0.15, 0.2) is 0 Å². The molecule has 62 valence electrons. The molecule has 2 heteroatoms. The van der Waals surface area contributed by atoms with Crippen LogP contribution in [0.3, 0.4) is 0 Å². The predicted molar refractivity (Wildman–Crippen MR) is 45.3 cm³/mol. The van der Waals surface area contributed by atoms with Crippen molar-refractivity contribution in [2.24, 2.45) is 0 Å². The summed E-state index contributed by atoms with van der Waals surface area (Å²) < 4.78 is 0. The summed E-state index contributed by atoms with van der Waals surface area (Å²) in [5, 5.41) is 9.52. The molecule has 0 aliphatic heterocycles. The van der Waals surface area contributed by atoms with Crippen LogP contribution in [0.15, 0.2) is 18.5 Å². The molecule has 1 aromatic rings. The van der Waals surface area contributed by atoms with Crippen LogP contribution in [-0.2, 0) is 0 Å². The minimum Gasteiger partial charge on any atom is -0.388 e. The van der Waals surface area contributed by atoms with Gasteiger partial charge in [0.05, 0.1) is 6.10 Å². The number of rotatable bonds is 4. The van der Waals surface area contributed by atoms with Crippen molar-refractivity contribution in [3.8, 4) is 0 Å². The zero-order chi connectivity index (χ0) is 8.10. The largest absolute Gasteiger partial charge is 0.388 e. The third-order valence-corrected chi connectivity index (χ3v) is 1.84. The van der Waals surface area contributed by atoms with Crippen LogP contribution < -0.4 is 0 Å². The molecule has 1 atom stereocenters. The van der Waals surface area contributed by atoms with Crippen LogP contribution in [0.25, 0.3) is 0 Å². The van der Waals surface area contributed by atoms with E-state index in [2.05, 4.69) is 11.9 Å². The van der Waals surface area contributed by atoms with E-state index in [1.54, 1.807) is 0 Å². The molecule has 1 rings (SSSR count). The maximum atomic E-state index is 9.52. The van der Waals surface area contributed by atoms with Gasteiger partial charge in [0.1, 0.15) is 0 Å². The van der Waals surface area contributed by atoms with Gasteiger partial charge < -0.3 is 10.1 Å². The first kappa shape index (κ1) is 8.34. The van der Waals surface area contributed by atoms with E-state index >= 15 is 0 Å². The monoisotopic (exact) mass is 153 g/mol. The summed E-state index contributed by atoms with van der Waals surface area (Å²) in [6.45, 7) is 2.13. The number of aliphatic hydroxyl groups is 1. The van der Waals surface area contributed by atoms with E-state index in [-0.39, 0.29) is 6.10 Å². The second-order valence-corrected chi connectivity index (χ2v) is 2.80. The normalized spacial score (nSPS) is 13.3. The molecule has 1 unspecified atom stereocenters. The summed E-state index contributed by atoms with van der Waals surface area (Å²) >= 11 is 0. The molecule has 0 aliphatic carbocycles. The zero-order valence-corrected chi connectivity index (χ0v) is 6.88. The molecule has 0 amide bonds. The first-order valence-electron chi connectivity index (χ1n) is 4.15. The van der Waals surface area contributed by atoms with Crippen molar-refractivity contribution in [3.05, 3.63) is 24.0 Å². The molecule has 0 aromatic carbocycles. The number of unbranched alkanes of at least 4 members (excludes halogenated alkanes) is 1. The van der Waals surface area contributed by atoms with E-state index in [0.717, 1.165) is 24.8 Å². The Bertz CT molecular complexity index is 181. The standard InChI is InChI=1S/C9H15NO/c1-2-3-4-9(11)8-5-6-10-7-8/h5-7,9-11H,2-4H2,1H3. The average Bonchev–Trinajstić information content (AvgIpc) is 2.52. The molecule has 1 aromatic heterocycles. The minimum atomic E-state index is -0.277. The first-order chi connectivity index (χ1) is 5.34. The summed E-state index contributed by atoms with van der Waals surface area (Å²) in [5.41, 5.74) is 0.999. The predicted octanol–water partition coefficient (Wildman–Crippen LogP) is 2.24. The third-order valence-electron chi connectivity index (χ3n) is 1.84. The van der Waals surface area contributed by atoms with Gasteiger partial charge in [0, 0.05) is 12.4 Å². The highest BCUT2D eigenvalue weighted by atomic mass is 16.3. The van der Waals surface area contributed by atoms with E-state index in [1.165, 1.54) is 0 Å². The Morgan fingerprint density at radius 3 is 3.00 bits per heavy atom. The van der Waals surface area contributed by atoms with Crippen molar-refractivity contribution in [1.29, 1.82) is 0 Å². The number of aliphatic hydroxyl groups excluding tert-OH is 1. The maximum absolute atomic E-state index is 9.52. The van der Waals surface area contributed by atoms with Crippen LogP contribution in [0.2, 0.25) is 0 Å². The molecule has 1 heterocycles. The summed E-state index contributed by atoms with van der Waals surface area (Å²) in [4.78, 5) is 2.93. The van der Waals surface area contributed by atoms with Crippen LogP contribution in [0, 0.1) is 0 Å². The fourth-order valence-corrected chi connectivity index (χ4v) is 1.11. The van der Waals surface area contributed by atoms with Gasteiger partial charge in [0.2, 0.25) is 0 Å². The number of aromatic amines is 1. The van der Waals surface area contributed by atoms with Gasteiger partial charge in [-0.05, 0) is 18.1 Å². The Morgan fingerprint density at radius 2 is 2.45 bits per heavy atom. The lowest BCUT2D eigenvalue weighted by Crippen LogP contribution is -1.94. The topological polar surface area (TPSA) is 36.0 Å². The molecular weight excluding hydrogens is 138 g/mol. The molecule has 0 spiro atoms. The van der Waals surface area contributed by atoms with Crippen LogP contribution in [0.1, 0.15) is 37.9 Å². The van der Waals surface area contributed by atoms with Crippen molar-refractivity contribution in [3.63, 3.8) is 0 Å².